The van der Waals surface area contributed by atoms with Crippen molar-refractivity contribution in [2.24, 2.45) is 11.8 Å². The molecule has 0 spiro atoms. The molecule has 0 amide bonds. The van der Waals surface area contributed by atoms with Crippen molar-refractivity contribution in [1.29, 1.82) is 0 Å². The molecule has 1 aliphatic carbocycles. The van der Waals surface area contributed by atoms with Gasteiger partial charge in [-0.3, -0.25) is 4.79 Å². The molecule has 7 heteroatoms. The number of Topliss-reactive ketones (excluding diaryl/α,β-unsaturated/α-hetero) is 1. The van der Waals surface area contributed by atoms with Gasteiger partial charge in [-0.15, -0.1) is 0 Å². The number of rotatable bonds is 7. The van der Waals surface area contributed by atoms with Gasteiger partial charge >= 0.3 is 0 Å². The maximum absolute atomic E-state index is 14.5. The van der Waals surface area contributed by atoms with E-state index in [4.69, 9.17) is 9.47 Å². The summed E-state index contributed by atoms with van der Waals surface area (Å²) in [6, 6.07) is 11.0. The smallest absolute Gasteiger partial charge is 0.166 e. The summed E-state index contributed by atoms with van der Waals surface area (Å²) in [5.41, 5.74) is -0.130. The molecule has 1 fully saturated rings. The zero-order valence-electron chi connectivity index (χ0n) is 16.5. The van der Waals surface area contributed by atoms with Crippen LogP contribution in [0.5, 0.6) is 17.2 Å². The highest BCUT2D eigenvalue weighted by Crippen LogP contribution is 2.40. The average molecular weight is 430 g/mol. The summed E-state index contributed by atoms with van der Waals surface area (Å²) in [7, 11) is 0. The van der Waals surface area contributed by atoms with Gasteiger partial charge in [-0.1, -0.05) is 12.1 Å². The van der Waals surface area contributed by atoms with Gasteiger partial charge in [0.05, 0.1) is 6.61 Å². The van der Waals surface area contributed by atoms with Gasteiger partial charge in [0, 0.05) is 29.5 Å². The van der Waals surface area contributed by atoms with Crippen molar-refractivity contribution >= 4 is 5.78 Å². The molecule has 3 aromatic rings. The van der Waals surface area contributed by atoms with Crippen LogP contribution in [0.1, 0.15) is 13.3 Å². The molecule has 0 aliphatic heterocycles. The Kier molecular flexibility index (Phi) is 5.67. The van der Waals surface area contributed by atoms with Crippen LogP contribution in [0.3, 0.4) is 0 Å². The van der Waals surface area contributed by atoms with Crippen LogP contribution in [0.2, 0.25) is 0 Å². The zero-order chi connectivity index (χ0) is 22.1. The fraction of sp³-hybridized carbons (Fsp3) is 0.208. The summed E-state index contributed by atoms with van der Waals surface area (Å²) in [5.74, 6) is -3.52. The van der Waals surface area contributed by atoms with Gasteiger partial charge in [0.15, 0.2) is 23.2 Å². The van der Waals surface area contributed by atoms with Crippen LogP contribution >= 0.6 is 0 Å². The SMILES string of the molecule is CC(=O)C1CC1COc1ccc(-c2cc(Oc3cccc(F)c3)cc(F)c2F)cc1F. The summed E-state index contributed by atoms with van der Waals surface area (Å²) < 4.78 is 67.2. The Bertz CT molecular complexity index is 1150. The number of hydrogen-bond acceptors (Lipinski definition) is 3. The predicted octanol–water partition coefficient (Wildman–Crippen LogP) is 6.31. The predicted molar refractivity (Wildman–Crippen MR) is 106 cm³/mol. The molecule has 4 rings (SSSR count). The molecule has 2 unspecified atom stereocenters. The van der Waals surface area contributed by atoms with Gasteiger partial charge in [-0.05, 0) is 49.2 Å². The first-order valence-electron chi connectivity index (χ1n) is 9.67. The van der Waals surface area contributed by atoms with Crippen LogP contribution in [-0.2, 0) is 4.79 Å². The Morgan fingerprint density at radius 1 is 0.968 bits per heavy atom. The first-order valence-corrected chi connectivity index (χ1v) is 9.67. The van der Waals surface area contributed by atoms with Crippen LogP contribution in [0.25, 0.3) is 11.1 Å². The van der Waals surface area contributed by atoms with Gasteiger partial charge in [-0.2, -0.15) is 0 Å². The fourth-order valence-corrected chi connectivity index (χ4v) is 3.41. The Labute approximate surface area is 176 Å². The van der Waals surface area contributed by atoms with Crippen molar-refractivity contribution in [3.63, 3.8) is 0 Å². The van der Waals surface area contributed by atoms with E-state index in [0.29, 0.717) is 0 Å². The Balaban J connectivity index is 1.55. The maximum Gasteiger partial charge on any atom is 0.166 e. The topological polar surface area (TPSA) is 35.5 Å². The Morgan fingerprint density at radius 3 is 2.45 bits per heavy atom. The van der Waals surface area contributed by atoms with E-state index in [1.54, 1.807) is 0 Å². The molecule has 0 bridgehead atoms. The van der Waals surface area contributed by atoms with Crippen molar-refractivity contribution in [3.05, 3.63) is 77.9 Å². The number of benzene rings is 3. The molecule has 0 aromatic heterocycles. The summed E-state index contributed by atoms with van der Waals surface area (Å²) >= 11 is 0. The summed E-state index contributed by atoms with van der Waals surface area (Å²) in [5, 5.41) is 0. The van der Waals surface area contributed by atoms with Crippen molar-refractivity contribution in [3.8, 4) is 28.4 Å². The van der Waals surface area contributed by atoms with E-state index in [0.717, 1.165) is 24.6 Å². The minimum Gasteiger partial charge on any atom is -0.490 e. The Morgan fingerprint density at radius 2 is 1.77 bits per heavy atom. The van der Waals surface area contributed by atoms with Gasteiger partial charge in [0.25, 0.3) is 0 Å². The van der Waals surface area contributed by atoms with Gasteiger partial charge in [0.2, 0.25) is 0 Å². The van der Waals surface area contributed by atoms with Gasteiger partial charge in [-0.25, -0.2) is 17.6 Å². The highest BCUT2D eigenvalue weighted by atomic mass is 19.2. The van der Waals surface area contributed by atoms with Crippen molar-refractivity contribution < 1.29 is 31.8 Å². The second kappa shape index (κ2) is 8.41. The summed E-state index contributed by atoms with van der Waals surface area (Å²) in [6.07, 6.45) is 0.720. The molecule has 0 saturated heterocycles. The van der Waals surface area contributed by atoms with Crippen molar-refractivity contribution in [2.45, 2.75) is 13.3 Å². The molecule has 160 valence electrons. The monoisotopic (exact) mass is 430 g/mol. The minimum atomic E-state index is -1.19. The lowest BCUT2D eigenvalue weighted by atomic mass is 10.0. The quantitative estimate of drug-likeness (QED) is 0.412. The summed E-state index contributed by atoms with van der Waals surface area (Å²) in [4.78, 5) is 11.3. The maximum atomic E-state index is 14.5. The highest BCUT2D eigenvalue weighted by Gasteiger charge is 2.41. The number of ether oxygens (including phenoxy) is 2. The number of ketones is 1. The first-order chi connectivity index (χ1) is 14.8. The number of halogens is 4. The van der Waals surface area contributed by atoms with E-state index in [9.17, 15) is 22.4 Å². The molecule has 1 aliphatic rings. The fourth-order valence-electron chi connectivity index (χ4n) is 3.41. The zero-order valence-corrected chi connectivity index (χ0v) is 16.5. The van der Waals surface area contributed by atoms with E-state index >= 15 is 0 Å². The summed E-state index contributed by atoms with van der Waals surface area (Å²) in [6.45, 7) is 1.72. The first kappa shape index (κ1) is 20.9. The number of hydrogen-bond donors (Lipinski definition) is 0. The van der Waals surface area contributed by atoms with Crippen LogP contribution in [0, 0.1) is 35.1 Å². The molecule has 3 nitrogen and oxygen atoms in total. The number of carbonyl (C=O) groups excluding carboxylic acids is 1. The van der Waals surface area contributed by atoms with Crippen molar-refractivity contribution in [2.75, 3.05) is 6.61 Å². The second-order valence-corrected chi connectivity index (χ2v) is 7.50. The van der Waals surface area contributed by atoms with Crippen LogP contribution in [0.4, 0.5) is 17.6 Å². The molecule has 0 radical (unpaired) electrons. The highest BCUT2D eigenvalue weighted by molar-refractivity contribution is 5.81. The van der Waals surface area contributed by atoms with Gasteiger partial charge in [0.1, 0.15) is 23.1 Å². The third kappa shape index (κ3) is 4.71. The van der Waals surface area contributed by atoms with E-state index in [1.807, 2.05) is 0 Å². The molecule has 2 atom stereocenters. The normalized spacial score (nSPS) is 17.3. The lowest BCUT2D eigenvalue weighted by Crippen LogP contribution is -2.05. The van der Waals surface area contributed by atoms with E-state index in [1.165, 1.54) is 43.3 Å². The molecular formula is C24H18F4O3. The lowest BCUT2D eigenvalue weighted by molar-refractivity contribution is -0.118. The van der Waals surface area contributed by atoms with E-state index in [-0.39, 0.29) is 52.6 Å². The molecule has 1 saturated carbocycles. The second-order valence-electron chi connectivity index (χ2n) is 7.50. The molecule has 3 aromatic carbocycles. The number of carbonyl (C=O) groups is 1. The third-order valence-electron chi connectivity index (χ3n) is 5.17. The van der Waals surface area contributed by atoms with Gasteiger partial charge < -0.3 is 9.47 Å². The molecule has 0 N–H and O–H groups in total. The minimum absolute atomic E-state index is 0.0361. The molecular weight excluding hydrogens is 412 g/mol. The van der Waals surface area contributed by atoms with E-state index in [2.05, 4.69) is 0 Å². The third-order valence-corrected chi connectivity index (χ3v) is 5.17. The van der Waals surface area contributed by atoms with E-state index < -0.39 is 23.3 Å². The van der Waals surface area contributed by atoms with Crippen LogP contribution in [-0.4, -0.2) is 12.4 Å². The standard InChI is InChI=1S/C24H18F4O3/c1-13(29)19-7-15(19)12-30-23-6-5-14(8-21(23)26)20-10-18(11-22(27)24(20)28)31-17-4-2-3-16(25)9-17/h2-6,8-11,15,19H,7,12H2,1H3. The van der Waals surface area contributed by atoms with Crippen LogP contribution in [0.15, 0.2) is 54.6 Å². The molecule has 31 heavy (non-hydrogen) atoms. The lowest BCUT2D eigenvalue weighted by Gasteiger charge is -2.12. The molecule has 0 heterocycles. The van der Waals surface area contributed by atoms with Crippen LogP contribution < -0.4 is 9.47 Å². The average Bonchev–Trinajstić information content (AvgIpc) is 3.50. The van der Waals surface area contributed by atoms with Crippen molar-refractivity contribution in [1.82, 2.24) is 0 Å². The Hall–Kier alpha value is -3.35. The largest absolute Gasteiger partial charge is 0.490 e.